The molecule has 6 heteroatoms. The zero-order valence-corrected chi connectivity index (χ0v) is 17.9. The molecule has 2 heterocycles. The van der Waals surface area contributed by atoms with Crippen LogP contribution < -0.4 is 5.32 Å². The number of halogens is 1. The predicted molar refractivity (Wildman–Crippen MR) is 121 cm³/mol. The van der Waals surface area contributed by atoms with Crippen LogP contribution in [0.4, 0.5) is 14.9 Å². The molecule has 2 aliphatic heterocycles. The van der Waals surface area contributed by atoms with Gasteiger partial charge in [0.25, 0.3) is 0 Å². The average Bonchev–Trinajstić information content (AvgIpc) is 2.75. The largest absolute Gasteiger partial charge is 0.395 e. The van der Waals surface area contributed by atoms with E-state index in [4.69, 9.17) is 0 Å². The Hall–Kier alpha value is -2.70. The number of carbonyl (C=O) groups excluding carboxylic acids is 1. The monoisotopic (exact) mass is 423 g/mol. The molecule has 2 aromatic carbocycles. The standard InChI is InChI=1S/C25H30FN3O2/c1-2-7-18-10-12-19(13-11-18)24-22-16-28(14-5-6-15-29(22)23(24)17-30)25(31)27-21-9-4-3-8-20(21)26/h2-4,7-13,22-24,30H,5-6,14-17H2,1H3,(H,27,31)/b7-2+/t22-,23-,24-/m0/s1. The van der Waals surface area contributed by atoms with Crippen LogP contribution in [0.2, 0.25) is 0 Å². The fraction of sp³-hybridized carbons (Fsp3) is 0.400. The number of carbonyl (C=O) groups is 1. The Labute approximate surface area is 183 Å². The molecule has 2 aromatic rings. The number of aliphatic hydroxyl groups is 1. The van der Waals surface area contributed by atoms with Gasteiger partial charge in [-0.05, 0) is 49.6 Å². The molecule has 3 atom stereocenters. The van der Waals surface area contributed by atoms with Crippen molar-refractivity contribution in [3.63, 3.8) is 0 Å². The van der Waals surface area contributed by atoms with E-state index in [0.717, 1.165) is 24.9 Å². The minimum atomic E-state index is -0.437. The van der Waals surface area contributed by atoms with Crippen molar-refractivity contribution in [3.05, 3.63) is 71.6 Å². The molecule has 2 fully saturated rings. The summed E-state index contributed by atoms with van der Waals surface area (Å²) in [6.07, 6.45) is 5.92. The summed E-state index contributed by atoms with van der Waals surface area (Å²) in [5.74, 6) is -0.279. The summed E-state index contributed by atoms with van der Waals surface area (Å²) < 4.78 is 14.0. The Morgan fingerprint density at radius 2 is 1.90 bits per heavy atom. The number of nitrogens with zero attached hydrogens (tertiary/aromatic N) is 2. The summed E-state index contributed by atoms with van der Waals surface area (Å²) >= 11 is 0. The molecule has 5 nitrogen and oxygen atoms in total. The number of fused-ring (bicyclic) bond motifs is 1. The molecule has 0 radical (unpaired) electrons. The van der Waals surface area contributed by atoms with E-state index in [1.54, 1.807) is 23.1 Å². The molecule has 0 bridgehead atoms. The summed E-state index contributed by atoms with van der Waals surface area (Å²) in [7, 11) is 0. The Morgan fingerprint density at radius 1 is 1.16 bits per heavy atom. The van der Waals surface area contributed by atoms with Gasteiger partial charge in [0.15, 0.2) is 0 Å². The van der Waals surface area contributed by atoms with Crippen LogP contribution in [0.15, 0.2) is 54.6 Å². The normalized spacial score (nSPS) is 24.2. The summed E-state index contributed by atoms with van der Waals surface area (Å²) in [5.41, 5.74) is 2.53. The first kappa shape index (κ1) is 21.5. The highest BCUT2D eigenvalue weighted by molar-refractivity contribution is 5.89. The van der Waals surface area contributed by atoms with Gasteiger partial charge in [0.05, 0.1) is 12.3 Å². The van der Waals surface area contributed by atoms with Gasteiger partial charge in [-0.1, -0.05) is 48.6 Å². The Bertz CT molecular complexity index is 931. The van der Waals surface area contributed by atoms with Gasteiger partial charge in [-0.3, -0.25) is 4.90 Å². The summed E-state index contributed by atoms with van der Waals surface area (Å²) in [5, 5.41) is 12.8. The second kappa shape index (κ2) is 9.62. The van der Waals surface area contributed by atoms with Gasteiger partial charge in [0.1, 0.15) is 5.82 Å². The van der Waals surface area contributed by atoms with Crippen LogP contribution in [-0.2, 0) is 0 Å². The lowest BCUT2D eigenvalue weighted by molar-refractivity contribution is -0.0585. The van der Waals surface area contributed by atoms with E-state index in [9.17, 15) is 14.3 Å². The molecule has 164 valence electrons. The molecule has 0 saturated carbocycles. The van der Waals surface area contributed by atoms with Crippen molar-refractivity contribution in [1.29, 1.82) is 0 Å². The van der Waals surface area contributed by atoms with Crippen LogP contribution in [0.25, 0.3) is 6.08 Å². The van der Waals surface area contributed by atoms with Gasteiger partial charge >= 0.3 is 6.03 Å². The number of benzene rings is 2. The number of rotatable bonds is 4. The van der Waals surface area contributed by atoms with Gasteiger partial charge in [0, 0.05) is 31.1 Å². The smallest absolute Gasteiger partial charge is 0.321 e. The lowest BCUT2D eigenvalue weighted by Crippen LogP contribution is -2.68. The molecule has 2 N–H and O–H groups in total. The number of allylic oxidation sites excluding steroid dienone is 1. The summed E-state index contributed by atoms with van der Waals surface area (Å²) in [6, 6.07) is 14.6. The maximum absolute atomic E-state index is 14.0. The van der Waals surface area contributed by atoms with Gasteiger partial charge in [-0.2, -0.15) is 0 Å². The van der Waals surface area contributed by atoms with E-state index in [1.165, 1.54) is 11.6 Å². The highest BCUT2D eigenvalue weighted by Crippen LogP contribution is 2.42. The molecule has 0 aromatic heterocycles. The average molecular weight is 424 g/mol. The number of anilines is 1. The number of hydrogen-bond acceptors (Lipinski definition) is 3. The number of para-hydroxylation sites is 1. The van der Waals surface area contributed by atoms with Crippen molar-refractivity contribution >= 4 is 17.8 Å². The van der Waals surface area contributed by atoms with Gasteiger partial charge in [-0.25, -0.2) is 9.18 Å². The Kier molecular flexibility index (Phi) is 6.68. The zero-order valence-electron chi connectivity index (χ0n) is 17.9. The third kappa shape index (κ3) is 4.50. The highest BCUT2D eigenvalue weighted by Gasteiger charge is 2.49. The molecular formula is C25H30FN3O2. The molecule has 0 unspecified atom stereocenters. The second-order valence-corrected chi connectivity index (χ2v) is 8.31. The fourth-order valence-corrected chi connectivity index (χ4v) is 4.90. The number of nitrogens with one attached hydrogen (secondary N) is 1. The first-order valence-corrected chi connectivity index (χ1v) is 11.0. The van der Waals surface area contributed by atoms with Crippen molar-refractivity contribution in [3.8, 4) is 0 Å². The minimum Gasteiger partial charge on any atom is -0.395 e. The fourth-order valence-electron chi connectivity index (χ4n) is 4.90. The van der Waals surface area contributed by atoms with Crippen LogP contribution in [0, 0.1) is 5.82 Å². The molecular weight excluding hydrogens is 393 g/mol. The molecule has 0 aliphatic carbocycles. The number of hydrogen-bond donors (Lipinski definition) is 2. The summed E-state index contributed by atoms with van der Waals surface area (Å²) in [6.45, 7) is 4.21. The first-order chi connectivity index (χ1) is 15.1. The van der Waals surface area contributed by atoms with E-state index in [-0.39, 0.29) is 36.3 Å². The zero-order chi connectivity index (χ0) is 21.8. The van der Waals surface area contributed by atoms with Crippen molar-refractivity contribution < 1.29 is 14.3 Å². The molecule has 31 heavy (non-hydrogen) atoms. The van der Waals surface area contributed by atoms with Gasteiger partial charge < -0.3 is 15.3 Å². The Balaban J connectivity index is 1.53. The Morgan fingerprint density at radius 3 is 2.61 bits per heavy atom. The summed E-state index contributed by atoms with van der Waals surface area (Å²) in [4.78, 5) is 17.1. The van der Waals surface area contributed by atoms with E-state index in [0.29, 0.717) is 13.1 Å². The van der Waals surface area contributed by atoms with E-state index in [2.05, 4.69) is 40.6 Å². The molecule has 0 spiro atoms. The van der Waals surface area contributed by atoms with Crippen LogP contribution in [-0.4, -0.2) is 59.3 Å². The van der Waals surface area contributed by atoms with Crippen LogP contribution in [0.3, 0.4) is 0 Å². The minimum absolute atomic E-state index is 0.0622. The number of aliphatic hydroxyl groups excluding tert-OH is 1. The van der Waals surface area contributed by atoms with Crippen molar-refractivity contribution in [2.45, 2.75) is 37.8 Å². The topological polar surface area (TPSA) is 55.8 Å². The maximum atomic E-state index is 14.0. The van der Waals surface area contributed by atoms with Crippen LogP contribution in [0.5, 0.6) is 0 Å². The van der Waals surface area contributed by atoms with Crippen molar-refractivity contribution in [2.24, 2.45) is 0 Å². The lowest BCUT2D eigenvalue weighted by atomic mass is 9.74. The van der Waals surface area contributed by atoms with E-state index in [1.807, 2.05) is 13.0 Å². The van der Waals surface area contributed by atoms with E-state index < -0.39 is 5.82 Å². The van der Waals surface area contributed by atoms with Crippen molar-refractivity contribution in [1.82, 2.24) is 9.80 Å². The third-order valence-corrected chi connectivity index (χ3v) is 6.45. The number of urea groups is 1. The quantitative estimate of drug-likeness (QED) is 0.770. The lowest BCUT2D eigenvalue weighted by Gasteiger charge is -2.57. The van der Waals surface area contributed by atoms with Crippen LogP contribution >= 0.6 is 0 Å². The first-order valence-electron chi connectivity index (χ1n) is 11.0. The predicted octanol–water partition coefficient (Wildman–Crippen LogP) is 4.32. The maximum Gasteiger partial charge on any atom is 0.321 e. The second-order valence-electron chi connectivity index (χ2n) is 8.31. The molecule has 4 rings (SSSR count). The van der Waals surface area contributed by atoms with Gasteiger partial charge in [0.2, 0.25) is 0 Å². The van der Waals surface area contributed by atoms with Gasteiger partial charge in [-0.15, -0.1) is 0 Å². The molecule has 2 aliphatic rings. The van der Waals surface area contributed by atoms with Crippen molar-refractivity contribution in [2.75, 3.05) is 31.6 Å². The van der Waals surface area contributed by atoms with Crippen LogP contribution in [0.1, 0.15) is 36.8 Å². The SMILES string of the molecule is C/C=C/c1ccc([C@@H]2[C@H](CO)N3CCCCN(C(=O)Nc4ccccc4F)C[C@@H]23)cc1. The highest BCUT2D eigenvalue weighted by atomic mass is 19.1. The van der Waals surface area contributed by atoms with E-state index >= 15 is 0 Å². The molecule has 2 saturated heterocycles. The number of amides is 2. The molecule has 2 amide bonds. The third-order valence-electron chi connectivity index (χ3n) is 6.45.